The molecule has 0 atom stereocenters. The van der Waals surface area contributed by atoms with Gasteiger partial charge in [0.05, 0.1) is 6.17 Å². The van der Waals surface area contributed by atoms with Gasteiger partial charge in [0, 0.05) is 37.9 Å². The predicted molar refractivity (Wildman–Crippen MR) is 95.5 cm³/mol. The molecule has 1 aliphatic carbocycles. The van der Waals surface area contributed by atoms with Crippen LogP contribution in [0.5, 0.6) is 0 Å². The van der Waals surface area contributed by atoms with Crippen molar-refractivity contribution in [1.29, 1.82) is 0 Å². The smallest absolute Gasteiger partial charge is 0.249 e. The van der Waals surface area contributed by atoms with Crippen LogP contribution in [0.3, 0.4) is 0 Å². The summed E-state index contributed by atoms with van der Waals surface area (Å²) in [5, 5.41) is 0. The highest BCUT2D eigenvalue weighted by Gasteiger charge is 2.61. The van der Waals surface area contributed by atoms with Gasteiger partial charge in [-0.1, -0.05) is 27.7 Å². The Balaban J connectivity index is 0.000000201. The van der Waals surface area contributed by atoms with Crippen LogP contribution in [0.25, 0.3) is 0 Å². The summed E-state index contributed by atoms with van der Waals surface area (Å²) in [7, 11) is 0. The molecule has 0 aromatic heterocycles. The summed E-state index contributed by atoms with van der Waals surface area (Å²) in [5.74, 6) is -2.33. The van der Waals surface area contributed by atoms with E-state index in [0.717, 1.165) is 19.6 Å². The topological polar surface area (TPSA) is 6.48 Å². The number of likely N-dealkylation sites (tertiary alicyclic amines) is 2. The molecule has 2 aliphatic heterocycles. The summed E-state index contributed by atoms with van der Waals surface area (Å²) in [5.41, 5.74) is 0.621. The van der Waals surface area contributed by atoms with Crippen LogP contribution in [0.2, 0.25) is 0 Å². The molecule has 0 N–H and O–H groups in total. The summed E-state index contributed by atoms with van der Waals surface area (Å²) < 4.78 is 35.9. The van der Waals surface area contributed by atoms with E-state index >= 15 is 0 Å². The zero-order chi connectivity index (χ0) is 18.6. The van der Waals surface area contributed by atoms with Gasteiger partial charge >= 0.3 is 0 Å². The average Bonchev–Trinajstić information content (AvgIpc) is 2.72. The molecule has 1 spiro atoms. The van der Waals surface area contributed by atoms with Gasteiger partial charge in [0.2, 0.25) is 5.92 Å². The molecule has 5 heteroatoms. The second-order valence-corrected chi connectivity index (χ2v) is 8.81. The van der Waals surface area contributed by atoms with Gasteiger partial charge in [-0.05, 0) is 45.3 Å². The molecule has 0 amide bonds. The Morgan fingerprint density at radius 2 is 1.38 bits per heavy atom. The number of hydrogen-bond acceptors (Lipinski definition) is 2. The molecule has 3 fully saturated rings. The summed E-state index contributed by atoms with van der Waals surface area (Å²) in [4.78, 5) is 4.73. The van der Waals surface area contributed by atoms with Crippen LogP contribution in [-0.2, 0) is 0 Å². The fourth-order valence-corrected chi connectivity index (χ4v) is 3.89. The second-order valence-electron chi connectivity index (χ2n) is 8.81. The molecule has 3 aliphatic rings. The lowest BCUT2D eigenvalue weighted by molar-refractivity contribution is -0.212. The predicted octanol–water partition coefficient (Wildman–Crippen LogP) is 4.84. The number of hydrogen-bond donors (Lipinski definition) is 0. The number of halogens is 3. The molecule has 1 saturated carbocycles. The van der Waals surface area contributed by atoms with Crippen molar-refractivity contribution < 1.29 is 13.2 Å². The monoisotopic (exact) mass is 350 g/mol. The Labute approximate surface area is 146 Å². The minimum atomic E-state index is -2.33. The summed E-state index contributed by atoms with van der Waals surface area (Å²) >= 11 is 0. The Morgan fingerprint density at radius 1 is 0.917 bits per heavy atom. The lowest BCUT2D eigenvalue weighted by Crippen LogP contribution is -2.65. The van der Waals surface area contributed by atoms with Gasteiger partial charge in [0.1, 0.15) is 0 Å². The SMILES string of the molecule is CC(C)F.CCN1CC2(C1)CC(F)(F)C2.CCN1CCC(C)(C)C1. The third kappa shape index (κ3) is 6.91. The normalized spacial score (nSPS) is 26.8. The molecule has 24 heavy (non-hydrogen) atoms. The fraction of sp³-hybridized carbons (Fsp3) is 1.00. The van der Waals surface area contributed by atoms with Crippen LogP contribution in [0, 0.1) is 10.8 Å². The number of alkyl halides is 3. The zero-order valence-electron chi connectivity index (χ0n) is 16.5. The van der Waals surface area contributed by atoms with Crippen molar-refractivity contribution in [3.8, 4) is 0 Å². The minimum Gasteiger partial charge on any atom is -0.303 e. The summed E-state index contributed by atoms with van der Waals surface area (Å²) in [6.45, 7) is 18.7. The lowest BCUT2D eigenvalue weighted by atomic mass is 9.61. The first-order valence-electron chi connectivity index (χ1n) is 9.39. The molecule has 144 valence electrons. The van der Waals surface area contributed by atoms with Gasteiger partial charge in [-0.2, -0.15) is 0 Å². The van der Waals surface area contributed by atoms with Crippen LogP contribution in [0.4, 0.5) is 13.2 Å². The van der Waals surface area contributed by atoms with Crippen molar-refractivity contribution in [2.24, 2.45) is 10.8 Å². The molecule has 0 unspecified atom stereocenters. The first kappa shape index (κ1) is 21.8. The Kier molecular flexibility index (Phi) is 7.61. The molecule has 0 radical (unpaired) electrons. The highest BCUT2D eigenvalue weighted by Crippen LogP contribution is 2.56. The fourth-order valence-electron chi connectivity index (χ4n) is 3.89. The maximum absolute atomic E-state index is 12.5. The van der Waals surface area contributed by atoms with Crippen molar-refractivity contribution in [3.05, 3.63) is 0 Å². The van der Waals surface area contributed by atoms with E-state index in [2.05, 4.69) is 37.5 Å². The van der Waals surface area contributed by atoms with Crippen molar-refractivity contribution >= 4 is 0 Å². The minimum absolute atomic E-state index is 0.0273. The van der Waals surface area contributed by atoms with Gasteiger partial charge in [-0.3, -0.25) is 0 Å². The maximum Gasteiger partial charge on any atom is 0.249 e. The molecule has 0 bridgehead atoms. The largest absolute Gasteiger partial charge is 0.303 e. The maximum atomic E-state index is 12.5. The quantitative estimate of drug-likeness (QED) is 0.703. The summed E-state index contributed by atoms with van der Waals surface area (Å²) in [6.07, 6.45) is 0.980. The van der Waals surface area contributed by atoms with Crippen molar-refractivity contribution in [1.82, 2.24) is 9.80 Å². The molecule has 2 nitrogen and oxygen atoms in total. The van der Waals surface area contributed by atoms with Crippen LogP contribution in [0.1, 0.15) is 60.8 Å². The molecule has 2 heterocycles. The Bertz CT molecular complexity index is 364. The molecule has 2 saturated heterocycles. The van der Waals surface area contributed by atoms with Crippen LogP contribution in [0.15, 0.2) is 0 Å². The third-order valence-corrected chi connectivity index (χ3v) is 5.04. The second kappa shape index (κ2) is 8.39. The lowest BCUT2D eigenvalue weighted by Gasteiger charge is -2.58. The molecule has 0 aromatic rings. The first-order valence-corrected chi connectivity index (χ1v) is 9.39. The number of rotatable bonds is 2. The van der Waals surface area contributed by atoms with Crippen LogP contribution >= 0.6 is 0 Å². The molecular formula is C19H37F3N2. The molecular weight excluding hydrogens is 313 g/mol. The van der Waals surface area contributed by atoms with E-state index in [9.17, 15) is 13.2 Å². The van der Waals surface area contributed by atoms with Gasteiger partial charge < -0.3 is 9.80 Å². The van der Waals surface area contributed by atoms with Gasteiger partial charge in [-0.25, -0.2) is 13.2 Å². The van der Waals surface area contributed by atoms with E-state index in [1.165, 1.54) is 39.9 Å². The Morgan fingerprint density at radius 3 is 1.62 bits per heavy atom. The average molecular weight is 351 g/mol. The van der Waals surface area contributed by atoms with Crippen molar-refractivity contribution in [2.75, 3.05) is 39.3 Å². The van der Waals surface area contributed by atoms with Crippen molar-refractivity contribution in [3.63, 3.8) is 0 Å². The molecule has 0 aromatic carbocycles. The van der Waals surface area contributed by atoms with Gasteiger partial charge in [-0.15, -0.1) is 0 Å². The van der Waals surface area contributed by atoms with Crippen molar-refractivity contribution in [2.45, 2.75) is 72.9 Å². The summed E-state index contributed by atoms with van der Waals surface area (Å²) in [6, 6.07) is 0. The standard InChI is InChI=1S/C8H13F2N.C8H17N.C3H7F/c1-2-11-5-7(6-11)3-8(9,10)4-7;1-4-9-6-5-8(2,3)7-9;1-3(2)4/h2-6H2,1H3;4-7H2,1-3H3;3H,1-2H3. The third-order valence-electron chi connectivity index (χ3n) is 5.04. The van der Waals surface area contributed by atoms with E-state index in [-0.39, 0.29) is 18.3 Å². The van der Waals surface area contributed by atoms with E-state index < -0.39 is 12.1 Å². The van der Waals surface area contributed by atoms with Gasteiger partial charge in [0.15, 0.2) is 0 Å². The highest BCUT2D eigenvalue weighted by atomic mass is 19.3. The van der Waals surface area contributed by atoms with Crippen LogP contribution < -0.4 is 0 Å². The van der Waals surface area contributed by atoms with Gasteiger partial charge in [0.25, 0.3) is 0 Å². The highest BCUT2D eigenvalue weighted by molar-refractivity contribution is 5.07. The van der Waals surface area contributed by atoms with E-state index in [0.29, 0.717) is 5.41 Å². The van der Waals surface area contributed by atoms with E-state index in [1.807, 2.05) is 0 Å². The Hall–Kier alpha value is -0.290. The van der Waals surface area contributed by atoms with E-state index in [1.54, 1.807) is 0 Å². The molecule has 3 rings (SSSR count). The van der Waals surface area contributed by atoms with E-state index in [4.69, 9.17) is 0 Å². The number of nitrogens with zero attached hydrogens (tertiary/aromatic N) is 2. The zero-order valence-corrected chi connectivity index (χ0v) is 16.5. The first-order chi connectivity index (χ1) is 10.9. The van der Waals surface area contributed by atoms with Crippen LogP contribution in [-0.4, -0.2) is 61.2 Å².